The Bertz CT molecular complexity index is 3830. The highest BCUT2D eigenvalue weighted by molar-refractivity contribution is 7.99. The second kappa shape index (κ2) is 32.0. The third kappa shape index (κ3) is 15.5. The van der Waals surface area contributed by atoms with Crippen LogP contribution in [0.25, 0.3) is 11.3 Å². The van der Waals surface area contributed by atoms with E-state index in [1.165, 1.54) is 35.3 Å². The molecule has 2 N–H and O–H groups in total. The van der Waals surface area contributed by atoms with Crippen LogP contribution in [0.1, 0.15) is 79.6 Å². The lowest BCUT2D eigenvalue weighted by molar-refractivity contribution is -0.294. The van der Waals surface area contributed by atoms with E-state index in [2.05, 4.69) is 63.6 Å². The SMILES string of the molecule is C.C.CNc1nc(SC)nn2c([C@@H]3O[C@H](COCc4ccccc4)[C@@H](OCc4ccccc4)[C@@]3(C)OCc3ccccc3)cnc12.CSc1nc(SC)c2ncc(C3(O)O[C@H](COCc4ccccc4)[C@@H](OCc4ccccc4)[C@@]3(C)OCc3ccccc3)n2n1. The fourth-order valence-electron chi connectivity index (χ4n) is 11.1. The molecule has 2 aliphatic heterocycles. The number of imidazole rings is 2. The monoisotopic (exact) mass is 1290 g/mol. The van der Waals surface area contributed by atoms with Gasteiger partial charge in [-0.2, -0.15) is 4.98 Å². The normalized spacial score (nSPS) is 21.9. The van der Waals surface area contributed by atoms with Gasteiger partial charge in [0.25, 0.3) is 0 Å². The zero-order valence-corrected chi connectivity index (χ0v) is 53.0. The molecule has 1 unspecified atom stereocenters. The Hall–Kier alpha value is -7.09. The molecule has 8 atom stereocenters. The van der Waals surface area contributed by atoms with Crippen molar-refractivity contribution in [2.24, 2.45) is 0 Å². The molecule has 21 heteroatoms. The average Bonchev–Trinajstić information content (AvgIpc) is 1.57. The van der Waals surface area contributed by atoms with E-state index in [0.717, 1.165) is 39.1 Å². The summed E-state index contributed by atoms with van der Waals surface area (Å²) in [5.41, 5.74) is 6.03. The first-order valence-corrected chi connectivity index (χ1v) is 33.0. The smallest absolute Gasteiger partial charge is 0.244 e. The summed E-state index contributed by atoms with van der Waals surface area (Å²) in [6, 6.07) is 60.1. The molecule has 91 heavy (non-hydrogen) atoms. The van der Waals surface area contributed by atoms with E-state index in [1.807, 2.05) is 178 Å². The molecule has 0 saturated carbocycles. The molecule has 2 aliphatic rings. The van der Waals surface area contributed by atoms with Gasteiger partial charge in [-0.1, -0.05) is 220 Å². The van der Waals surface area contributed by atoms with Gasteiger partial charge in [0.05, 0.1) is 70.9 Å². The van der Waals surface area contributed by atoms with Crippen molar-refractivity contribution in [1.82, 2.24) is 39.2 Å². The van der Waals surface area contributed by atoms with Crippen molar-refractivity contribution < 1.29 is 43.0 Å². The van der Waals surface area contributed by atoms with E-state index < -0.39 is 47.5 Å². The molecule has 4 aromatic heterocycles. The number of hydrogen-bond donors (Lipinski definition) is 2. The minimum absolute atomic E-state index is 0. The van der Waals surface area contributed by atoms with E-state index in [0.29, 0.717) is 71.2 Å². The lowest BCUT2D eigenvalue weighted by Gasteiger charge is -2.39. The predicted molar refractivity (Wildman–Crippen MR) is 358 cm³/mol. The zero-order valence-electron chi connectivity index (χ0n) is 50.5. The molecule has 478 valence electrons. The number of ether oxygens (including phenoxy) is 8. The van der Waals surface area contributed by atoms with E-state index in [4.69, 9.17) is 53.1 Å². The number of nitrogens with zero attached hydrogens (tertiary/aromatic N) is 8. The number of fused-ring (bicyclic) bond motifs is 2. The number of thioether (sulfide) groups is 3. The summed E-state index contributed by atoms with van der Waals surface area (Å²) in [6.45, 7) is 6.47. The van der Waals surface area contributed by atoms with E-state index in [1.54, 1.807) is 21.4 Å². The molecular formula is C70H81N9O9S3. The van der Waals surface area contributed by atoms with E-state index in [-0.39, 0.29) is 34.7 Å². The van der Waals surface area contributed by atoms with Crippen LogP contribution in [-0.4, -0.2) is 119 Å². The number of aliphatic hydroxyl groups is 1. The number of nitrogens with one attached hydrogen (secondary N) is 1. The quantitative estimate of drug-likeness (QED) is 0.0486. The number of benzene rings is 6. The summed E-state index contributed by atoms with van der Waals surface area (Å²) < 4.78 is 56.3. The molecule has 2 saturated heterocycles. The van der Waals surface area contributed by atoms with E-state index in [9.17, 15) is 5.11 Å². The Kier molecular flexibility index (Phi) is 24.0. The molecule has 0 spiro atoms. The zero-order chi connectivity index (χ0) is 61.6. The highest BCUT2D eigenvalue weighted by Gasteiger charge is 2.67. The van der Waals surface area contributed by atoms with Crippen LogP contribution in [0.4, 0.5) is 5.82 Å². The third-order valence-electron chi connectivity index (χ3n) is 15.8. The van der Waals surface area contributed by atoms with Crippen molar-refractivity contribution in [3.8, 4) is 0 Å². The van der Waals surface area contributed by atoms with Crippen molar-refractivity contribution in [3.05, 3.63) is 239 Å². The molecule has 6 heterocycles. The van der Waals surface area contributed by atoms with Gasteiger partial charge < -0.3 is 48.3 Å². The highest BCUT2D eigenvalue weighted by Crippen LogP contribution is 2.51. The van der Waals surface area contributed by atoms with Crippen LogP contribution >= 0.6 is 35.3 Å². The maximum Gasteiger partial charge on any atom is 0.244 e. The van der Waals surface area contributed by atoms with Crippen LogP contribution in [-0.2, 0) is 83.3 Å². The molecule has 12 rings (SSSR count). The fourth-order valence-corrected chi connectivity index (χ4v) is 12.4. The van der Waals surface area contributed by atoms with Crippen LogP contribution in [0, 0.1) is 0 Å². The van der Waals surface area contributed by atoms with Gasteiger partial charge in [-0.25, -0.2) is 24.0 Å². The van der Waals surface area contributed by atoms with Crippen molar-refractivity contribution in [3.63, 3.8) is 0 Å². The number of rotatable bonds is 26. The maximum absolute atomic E-state index is 12.8. The molecule has 10 aromatic rings. The molecule has 0 aliphatic carbocycles. The number of aromatic nitrogens is 8. The summed E-state index contributed by atoms with van der Waals surface area (Å²) in [5, 5.41) is 27.3. The number of hydrogen-bond acceptors (Lipinski definition) is 19. The van der Waals surface area contributed by atoms with Gasteiger partial charge >= 0.3 is 0 Å². The molecule has 0 amide bonds. The molecule has 6 aromatic carbocycles. The Morgan fingerprint density at radius 1 is 0.516 bits per heavy atom. The Morgan fingerprint density at radius 3 is 1.45 bits per heavy atom. The first-order chi connectivity index (χ1) is 43.5. The van der Waals surface area contributed by atoms with Crippen molar-refractivity contribution in [2.45, 2.75) is 131 Å². The highest BCUT2D eigenvalue weighted by atomic mass is 32.2. The van der Waals surface area contributed by atoms with Crippen LogP contribution in [0.5, 0.6) is 0 Å². The average molecular weight is 1290 g/mol. The third-order valence-corrected chi connectivity index (χ3v) is 17.5. The summed E-state index contributed by atoms with van der Waals surface area (Å²) in [7, 11) is 1.83. The second-order valence-electron chi connectivity index (χ2n) is 21.7. The first kappa shape index (κ1) is 68.3. The van der Waals surface area contributed by atoms with Gasteiger partial charge in [0.15, 0.2) is 22.7 Å². The van der Waals surface area contributed by atoms with Crippen molar-refractivity contribution >= 4 is 52.4 Å². The molecular weight excluding hydrogens is 1210 g/mol. The molecule has 18 nitrogen and oxygen atoms in total. The number of anilines is 1. The molecule has 2 fully saturated rings. The Balaban J connectivity index is 0.000000211. The standard InChI is InChI=1S/C34H37N5O4S.C34H36N4O5S2.2CH4/c1-34(42-22-26-17-11-6-12-18-26)29(27-19-36-32-31(35-2)37-33(44-3)38-39(27)32)43-28(23-40-20-24-13-7-4-8-14-24)30(34)41-21-25-15-9-5-10-16-25;1-33(42-22-26-17-11-6-12-18-26)29(41-21-25-15-9-5-10-16-25)27(23-40-20-24-13-7-4-8-14-24)43-34(33,39)28-19-35-30-31(44-2)36-32(45-3)37-38(28)30;;/h4-19,28-30H,20-23H2,1-3H3,(H,35,37,38);4-19,27,29,39H,20-23H2,1-3H3;2*1H4/t28-,29+,30-,34+;27-,29-,33-,34?;;/m11../s1. The first-order valence-electron chi connectivity index (χ1n) is 29.3. The maximum atomic E-state index is 12.8. The van der Waals surface area contributed by atoms with Crippen molar-refractivity contribution in [1.29, 1.82) is 0 Å². The molecule has 0 radical (unpaired) electrons. The lowest BCUT2D eigenvalue weighted by Crippen LogP contribution is -2.55. The van der Waals surface area contributed by atoms with Crippen LogP contribution < -0.4 is 5.32 Å². The fraction of sp³-hybridized carbons (Fsp3) is 0.343. The lowest BCUT2D eigenvalue weighted by atomic mass is 9.87. The van der Waals surface area contributed by atoms with Gasteiger partial charge in [0.2, 0.25) is 16.1 Å². The van der Waals surface area contributed by atoms with Crippen LogP contribution in [0.2, 0.25) is 0 Å². The Morgan fingerprint density at radius 2 is 0.956 bits per heavy atom. The van der Waals surface area contributed by atoms with Gasteiger partial charge in [0, 0.05) is 7.05 Å². The summed E-state index contributed by atoms with van der Waals surface area (Å²) >= 11 is 4.33. The van der Waals surface area contributed by atoms with E-state index >= 15 is 0 Å². The molecule has 0 bridgehead atoms. The Labute approximate surface area is 546 Å². The minimum Gasteiger partial charge on any atom is -0.374 e. The van der Waals surface area contributed by atoms with Crippen LogP contribution in [0.15, 0.2) is 210 Å². The second-order valence-corrected chi connectivity index (χ2v) is 24.1. The largest absolute Gasteiger partial charge is 0.374 e. The topological polar surface area (TPSA) is 192 Å². The van der Waals surface area contributed by atoms with Gasteiger partial charge in [-0.05, 0) is 66.0 Å². The predicted octanol–water partition coefficient (Wildman–Crippen LogP) is 13.3. The minimum atomic E-state index is -2.02. The van der Waals surface area contributed by atoms with Gasteiger partial charge in [-0.15, -0.1) is 22.0 Å². The van der Waals surface area contributed by atoms with Gasteiger partial charge in [-0.3, -0.25) is 0 Å². The summed E-state index contributed by atoms with van der Waals surface area (Å²) in [6.07, 6.45) is 6.26. The summed E-state index contributed by atoms with van der Waals surface area (Å²) in [5.74, 6) is -1.39. The van der Waals surface area contributed by atoms with Gasteiger partial charge in [0.1, 0.15) is 46.8 Å². The van der Waals surface area contributed by atoms with Crippen molar-refractivity contribution in [2.75, 3.05) is 44.3 Å². The van der Waals surface area contributed by atoms with Crippen LogP contribution in [0.3, 0.4) is 0 Å². The summed E-state index contributed by atoms with van der Waals surface area (Å²) in [4.78, 5) is 18.5.